The van der Waals surface area contributed by atoms with Crippen LogP contribution in [0.5, 0.6) is 5.75 Å². The summed E-state index contributed by atoms with van der Waals surface area (Å²) in [6.07, 6.45) is 0.000428. The van der Waals surface area contributed by atoms with Crippen LogP contribution in [-0.2, 0) is 0 Å². The van der Waals surface area contributed by atoms with Crippen molar-refractivity contribution in [2.45, 2.75) is 20.0 Å². The summed E-state index contributed by atoms with van der Waals surface area (Å²) in [6, 6.07) is 23.0. The molecule has 0 aliphatic carbocycles. The highest BCUT2D eigenvalue weighted by atomic mass is 16.5. The van der Waals surface area contributed by atoms with Crippen molar-refractivity contribution in [3.05, 3.63) is 90.0 Å². The Balaban J connectivity index is 1.68. The minimum Gasteiger partial charge on any atom is -0.489 e. The van der Waals surface area contributed by atoms with Crippen molar-refractivity contribution in [2.75, 3.05) is 10.6 Å². The van der Waals surface area contributed by atoms with Crippen LogP contribution in [0.3, 0.4) is 0 Å². The van der Waals surface area contributed by atoms with Crippen LogP contribution in [0.4, 0.5) is 11.4 Å². The lowest BCUT2D eigenvalue weighted by atomic mass is 10.1. The monoisotopic (exact) mass is 374 g/mol. The molecule has 0 fully saturated rings. The van der Waals surface area contributed by atoms with Gasteiger partial charge in [-0.1, -0.05) is 30.3 Å². The second-order valence-corrected chi connectivity index (χ2v) is 6.51. The molecule has 3 rings (SSSR count). The number of benzene rings is 3. The summed E-state index contributed by atoms with van der Waals surface area (Å²) in [5.74, 6) is 0.119. The number of amides is 2. The molecular formula is C23H22N2O3. The summed E-state index contributed by atoms with van der Waals surface area (Å²) in [7, 11) is 0. The van der Waals surface area contributed by atoms with E-state index >= 15 is 0 Å². The van der Waals surface area contributed by atoms with E-state index in [0.717, 1.165) is 5.69 Å². The molecule has 0 aliphatic rings. The van der Waals surface area contributed by atoms with Crippen LogP contribution < -0.4 is 15.4 Å². The van der Waals surface area contributed by atoms with Gasteiger partial charge in [-0.2, -0.15) is 0 Å². The predicted octanol–water partition coefficient (Wildman–Crippen LogP) is 4.98. The van der Waals surface area contributed by atoms with Crippen molar-refractivity contribution < 1.29 is 14.3 Å². The fourth-order valence-electron chi connectivity index (χ4n) is 2.62. The molecule has 2 N–H and O–H groups in total. The predicted molar refractivity (Wildman–Crippen MR) is 111 cm³/mol. The lowest BCUT2D eigenvalue weighted by molar-refractivity contribution is 0.101. The lowest BCUT2D eigenvalue weighted by Crippen LogP contribution is -2.15. The molecule has 0 spiro atoms. The van der Waals surface area contributed by atoms with E-state index in [0.29, 0.717) is 22.6 Å². The van der Waals surface area contributed by atoms with Crippen molar-refractivity contribution in [2.24, 2.45) is 0 Å². The third-order valence-electron chi connectivity index (χ3n) is 3.94. The number of hydrogen-bond acceptors (Lipinski definition) is 3. The molecule has 3 aromatic rings. The summed E-state index contributed by atoms with van der Waals surface area (Å²) < 4.78 is 5.72. The molecule has 2 amide bonds. The minimum absolute atomic E-state index is 0.000428. The Kier molecular flexibility index (Phi) is 6.07. The van der Waals surface area contributed by atoms with Crippen LogP contribution in [-0.4, -0.2) is 17.9 Å². The number of carbonyl (C=O) groups excluding carboxylic acids is 2. The van der Waals surface area contributed by atoms with E-state index in [1.165, 1.54) is 0 Å². The number of anilines is 2. The Bertz CT molecular complexity index is 951. The third kappa shape index (κ3) is 4.98. The van der Waals surface area contributed by atoms with E-state index in [4.69, 9.17) is 4.74 Å². The summed E-state index contributed by atoms with van der Waals surface area (Å²) in [6.45, 7) is 3.86. The van der Waals surface area contributed by atoms with E-state index in [-0.39, 0.29) is 17.9 Å². The topological polar surface area (TPSA) is 67.4 Å². The Morgan fingerprint density at radius 1 is 0.714 bits per heavy atom. The van der Waals surface area contributed by atoms with Crippen LogP contribution in [0.2, 0.25) is 0 Å². The standard InChI is InChI=1S/C23H22N2O3/c1-16(2)28-21-11-7-6-10-20(21)25-23(27)18-14-12-17(13-15-18)22(26)24-19-8-4-3-5-9-19/h3-16H,1-2H3,(H,24,26)(H,25,27). The largest absolute Gasteiger partial charge is 0.489 e. The van der Waals surface area contributed by atoms with Crippen molar-refractivity contribution in [3.63, 3.8) is 0 Å². The number of ether oxygens (including phenoxy) is 1. The molecule has 3 aromatic carbocycles. The Morgan fingerprint density at radius 3 is 1.86 bits per heavy atom. The molecule has 5 heteroatoms. The van der Waals surface area contributed by atoms with Gasteiger partial charge >= 0.3 is 0 Å². The summed E-state index contributed by atoms with van der Waals surface area (Å²) in [5, 5.41) is 5.67. The average molecular weight is 374 g/mol. The molecule has 0 aliphatic heterocycles. The Morgan fingerprint density at radius 2 is 1.25 bits per heavy atom. The van der Waals surface area contributed by atoms with Crippen LogP contribution >= 0.6 is 0 Å². The minimum atomic E-state index is -0.269. The van der Waals surface area contributed by atoms with Gasteiger partial charge < -0.3 is 15.4 Å². The van der Waals surface area contributed by atoms with Crippen LogP contribution in [0.1, 0.15) is 34.6 Å². The summed E-state index contributed by atoms with van der Waals surface area (Å²) in [5.41, 5.74) is 2.25. The fraction of sp³-hybridized carbons (Fsp3) is 0.130. The zero-order chi connectivity index (χ0) is 19.9. The highest BCUT2D eigenvalue weighted by Crippen LogP contribution is 2.25. The van der Waals surface area contributed by atoms with Gasteiger partial charge in [-0.15, -0.1) is 0 Å². The van der Waals surface area contributed by atoms with Gasteiger partial charge in [0.15, 0.2) is 0 Å². The number of hydrogen-bond donors (Lipinski definition) is 2. The highest BCUT2D eigenvalue weighted by molar-refractivity contribution is 6.07. The number of para-hydroxylation sites is 3. The summed E-state index contributed by atoms with van der Waals surface area (Å²) >= 11 is 0. The third-order valence-corrected chi connectivity index (χ3v) is 3.94. The summed E-state index contributed by atoms with van der Waals surface area (Å²) in [4.78, 5) is 24.9. The van der Waals surface area contributed by atoms with E-state index < -0.39 is 0 Å². The average Bonchev–Trinajstić information content (AvgIpc) is 2.70. The maximum absolute atomic E-state index is 12.6. The van der Waals surface area contributed by atoms with Crippen molar-refractivity contribution in [1.29, 1.82) is 0 Å². The van der Waals surface area contributed by atoms with Gasteiger partial charge in [0.25, 0.3) is 11.8 Å². The smallest absolute Gasteiger partial charge is 0.255 e. The van der Waals surface area contributed by atoms with Gasteiger partial charge in [0.05, 0.1) is 11.8 Å². The van der Waals surface area contributed by atoms with E-state index in [1.807, 2.05) is 62.4 Å². The van der Waals surface area contributed by atoms with Crippen molar-refractivity contribution in [1.82, 2.24) is 0 Å². The molecule has 0 radical (unpaired) electrons. The normalized spacial score (nSPS) is 10.4. The van der Waals surface area contributed by atoms with Gasteiger partial charge in [-0.25, -0.2) is 0 Å². The first-order chi connectivity index (χ1) is 13.5. The highest BCUT2D eigenvalue weighted by Gasteiger charge is 2.12. The van der Waals surface area contributed by atoms with Gasteiger partial charge in [0.1, 0.15) is 5.75 Å². The second-order valence-electron chi connectivity index (χ2n) is 6.51. The maximum Gasteiger partial charge on any atom is 0.255 e. The molecule has 0 atom stereocenters. The molecule has 0 heterocycles. The molecule has 0 unspecified atom stereocenters. The molecule has 5 nitrogen and oxygen atoms in total. The number of rotatable bonds is 6. The van der Waals surface area contributed by atoms with Crippen LogP contribution in [0, 0.1) is 0 Å². The maximum atomic E-state index is 12.6. The first-order valence-electron chi connectivity index (χ1n) is 9.06. The number of carbonyl (C=O) groups is 2. The molecule has 0 aromatic heterocycles. The van der Waals surface area contributed by atoms with Crippen molar-refractivity contribution >= 4 is 23.2 Å². The van der Waals surface area contributed by atoms with E-state index in [9.17, 15) is 9.59 Å². The zero-order valence-corrected chi connectivity index (χ0v) is 15.8. The van der Waals surface area contributed by atoms with E-state index in [1.54, 1.807) is 30.3 Å². The Labute approximate surface area is 164 Å². The van der Waals surface area contributed by atoms with Gasteiger partial charge in [0.2, 0.25) is 0 Å². The fourth-order valence-corrected chi connectivity index (χ4v) is 2.62. The van der Waals surface area contributed by atoms with Crippen molar-refractivity contribution in [3.8, 4) is 5.75 Å². The molecule has 0 bridgehead atoms. The lowest BCUT2D eigenvalue weighted by Gasteiger charge is -2.14. The SMILES string of the molecule is CC(C)Oc1ccccc1NC(=O)c1ccc(C(=O)Nc2ccccc2)cc1. The van der Waals surface area contributed by atoms with Crippen LogP contribution in [0.15, 0.2) is 78.9 Å². The van der Waals surface area contributed by atoms with Crippen LogP contribution in [0.25, 0.3) is 0 Å². The second kappa shape index (κ2) is 8.86. The number of nitrogens with one attached hydrogen (secondary N) is 2. The molecule has 0 saturated carbocycles. The molecule has 28 heavy (non-hydrogen) atoms. The quantitative estimate of drug-likeness (QED) is 0.639. The van der Waals surface area contributed by atoms with E-state index in [2.05, 4.69) is 10.6 Å². The first-order valence-corrected chi connectivity index (χ1v) is 9.06. The molecule has 142 valence electrons. The van der Waals surface area contributed by atoms with Gasteiger partial charge in [-0.3, -0.25) is 9.59 Å². The molecular weight excluding hydrogens is 352 g/mol. The first kappa shape index (κ1) is 19.2. The van der Waals surface area contributed by atoms with Gasteiger partial charge in [0, 0.05) is 16.8 Å². The van der Waals surface area contributed by atoms with Gasteiger partial charge in [-0.05, 0) is 62.4 Å². The zero-order valence-electron chi connectivity index (χ0n) is 15.8. The Hall–Kier alpha value is -3.60. The molecule has 0 saturated heterocycles.